The third-order valence-electron chi connectivity index (χ3n) is 4.02. The number of allylic oxidation sites excluding steroid dienone is 2. The number of hydrogen-bond donors (Lipinski definition) is 0. The quantitative estimate of drug-likeness (QED) is 0.777. The molecule has 0 saturated carbocycles. The van der Waals surface area contributed by atoms with Crippen molar-refractivity contribution in [3.8, 4) is 0 Å². The number of hydrogen-bond acceptors (Lipinski definition) is 2. The standard InChI is InChI=1S/C21H18N4/c1-15-6-10-17(11-7-15)22-20-21(23-18-12-8-16(2)9-13-18)25-14-4-3-5-19(25)24-20/h3-14H,1-2H3. The molecule has 2 aliphatic heterocycles. The van der Waals surface area contributed by atoms with Crippen LogP contribution in [0.1, 0.15) is 11.1 Å². The van der Waals surface area contributed by atoms with Crippen molar-refractivity contribution in [2.75, 3.05) is 0 Å². The molecule has 4 nitrogen and oxygen atoms in total. The van der Waals surface area contributed by atoms with Crippen molar-refractivity contribution in [2.45, 2.75) is 13.8 Å². The van der Waals surface area contributed by atoms with E-state index in [1.165, 1.54) is 11.1 Å². The van der Waals surface area contributed by atoms with Crippen LogP contribution in [0, 0.1) is 13.8 Å². The van der Waals surface area contributed by atoms with Gasteiger partial charge in [0.15, 0.2) is 11.7 Å². The summed E-state index contributed by atoms with van der Waals surface area (Å²) in [5.74, 6) is 2.19. The molecular formula is C21H18N4. The lowest BCUT2D eigenvalue weighted by molar-refractivity contribution is 0.855. The predicted molar refractivity (Wildman–Crippen MR) is 104 cm³/mol. The van der Waals surface area contributed by atoms with Gasteiger partial charge in [0.2, 0.25) is 0 Å². The van der Waals surface area contributed by atoms with E-state index in [2.05, 4.69) is 31.0 Å². The Bertz CT molecular complexity index is 942. The number of rotatable bonds is 2. The first-order valence-electron chi connectivity index (χ1n) is 8.23. The predicted octanol–water partition coefficient (Wildman–Crippen LogP) is 4.86. The fourth-order valence-corrected chi connectivity index (χ4v) is 2.63. The van der Waals surface area contributed by atoms with Gasteiger partial charge in [-0.15, -0.1) is 0 Å². The van der Waals surface area contributed by atoms with Crippen molar-refractivity contribution in [1.29, 1.82) is 0 Å². The Morgan fingerprint density at radius 3 is 2.00 bits per heavy atom. The maximum atomic E-state index is 4.79. The van der Waals surface area contributed by atoms with Gasteiger partial charge in [0.05, 0.1) is 11.4 Å². The lowest BCUT2D eigenvalue weighted by atomic mass is 10.2. The van der Waals surface area contributed by atoms with Gasteiger partial charge in [-0.25, -0.2) is 15.0 Å². The lowest BCUT2D eigenvalue weighted by Crippen LogP contribution is -2.29. The summed E-state index contributed by atoms with van der Waals surface area (Å²) in [7, 11) is 0. The van der Waals surface area contributed by atoms with Crippen LogP contribution in [0.3, 0.4) is 0 Å². The number of benzene rings is 2. The molecule has 0 bridgehead atoms. The Hall–Kier alpha value is -3.27. The van der Waals surface area contributed by atoms with Gasteiger partial charge in [-0.2, -0.15) is 0 Å². The van der Waals surface area contributed by atoms with Crippen molar-refractivity contribution < 1.29 is 0 Å². The average molecular weight is 326 g/mol. The molecule has 0 fully saturated rings. The second-order valence-corrected chi connectivity index (χ2v) is 6.08. The molecule has 122 valence electrons. The van der Waals surface area contributed by atoms with E-state index in [9.17, 15) is 0 Å². The molecule has 0 radical (unpaired) electrons. The van der Waals surface area contributed by atoms with Crippen molar-refractivity contribution in [3.63, 3.8) is 0 Å². The molecule has 2 aromatic carbocycles. The largest absolute Gasteiger partial charge is 0.283 e. The molecule has 0 aliphatic carbocycles. The number of amidine groups is 3. The first-order valence-corrected chi connectivity index (χ1v) is 8.23. The first-order chi connectivity index (χ1) is 12.2. The molecule has 25 heavy (non-hydrogen) atoms. The van der Waals surface area contributed by atoms with Gasteiger partial charge in [-0.05, 0) is 50.3 Å². The van der Waals surface area contributed by atoms with Crippen molar-refractivity contribution in [2.24, 2.45) is 15.0 Å². The summed E-state index contributed by atoms with van der Waals surface area (Å²) in [6.07, 6.45) is 7.86. The number of aliphatic imine (C=N–C) groups is 3. The Labute approximate surface area is 147 Å². The van der Waals surface area contributed by atoms with Gasteiger partial charge in [0, 0.05) is 6.20 Å². The van der Waals surface area contributed by atoms with Crippen LogP contribution in [-0.2, 0) is 0 Å². The average Bonchev–Trinajstić information content (AvgIpc) is 2.96. The van der Waals surface area contributed by atoms with Gasteiger partial charge in [-0.1, -0.05) is 41.5 Å². The van der Waals surface area contributed by atoms with E-state index in [0.29, 0.717) is 5.84 Å². The van der Waals surface area contributed by atoms with Crippen molar-refractivity contribution >= 4 is 28.9 Å². The van der Waals surface area contributed by atoms with Gasteiger partial charge in [0.25, 0.3) is 0 Å². The highest BCUT2D eigenvalue weighted by Crippen LogP contribution is 2.22. The van der Waals surface area contributed by atoms with E-state index in [-0.39, 0.29) is 0 Å². The highest BCUT2D eigenvalue weighted by atomic mass is 15.3. The summed E-state index contributed by atoms with van der Waals surface area (Å²) in [6, 6.07) is 16.2. The third kappa shape index (κ3) is 3.19. The monoisotopic (exact) mass is 326 g/mol. The second kappa shape index (κ2) is 6.32. The number of fused-ring (bicyclic) bond motifs is 1. The Balaban J connectivity index is 1.78. The van der Waals surface area contributed by atoms with Crippen molar-refractivity contribution in [1.82, 2.24) is 4.90 Å². The van der Waals surface area contributed by atoms with Gasteiger partial charge < -0.3 is 0 Å². The number of nitrogens with zero attached hydrogens (tertiary/aromatic N) is 4. The Morgan fingerprint density at radius 2 is 1.36 bits per heavy atom. The van der Waals surface area contributed by atoms with Crippen molar-refractivity contribution in [3.05, 3.63) is 84.1 Å². The molecule has 4 rings (SSSR count). The van der Waals surface area contributed by atoms with E-state index in [4.69, 9.17) is 9.98 Å². The summed E-state index contributed by atoms with van der Waals surface area (Å²) < 4.78 is 0. The highest BCUT2D eigenvalue weighted by molar-refractivity contribution is 6.50. The minimum atomic E-state index is 0.621. The molecule has 2 aliphatic rings. The summed E-state index contributed by atoms with van der Waals surface area (Å²) in [4.78, 5) is 16.1. The molecule has 2 heterocycles. The van der Waals surface area contributed by atoms with Crippen LogP contribution in [0.2, 0.25) is 0 Å². The van der Waals surface area contributed by atoms with Crippen LogP contribution in [0.5, 0.6) is 0 Å². The van der Waals surface area contributed by atoms with Gasteiger partial charge >= 0.3 is 0 Å². The summed E-state index contributed by atoms with van der Waals surface area (Å²) in [6.45, 7) is 4.13. The SMILES string of the molecule is Cc1ccc(N=C2N=C3C=CC=CN3C2=Nc2ccc(C)cc2)cc1. The minimum Gasteiger partial charge on any atom is -0.283 e. The van der Waals surface area contributed by atoms with E-state index >= 15 is 0 Å². The summed E-state index contributed by atoms with van der Waals surface area (Å²) in [5.41, 5.74) is 4.17. The molecular weight excluding hydrogens is 308 g/mol. The zero-order valence-electron chi connectivity index (χ0n) is 14.2. The second-order valence-electron chi connectivity index (χ2n) is 6.08. The zero-order valence-corrected chi connectivity index (χ0v) is 14.2. The van der Waals surface area contributed by atoms with Crippen LogP contribution in [0.4, 0.5) is 11.4 Å². The van der Waals surface area contributed by atoms with Crippen LogP contribution in [-0.4, -0.2) is 22.4 Å². The lowest BCUT2D eigenvalue weighted by Gasteiger charge is -2.16. The summed E-state index contributed by atoms with van der Waals surface area (Å²) >= 11 is 0. The molecule has 0 aromatic heterocycles. The zero-order chi connectivity index (χ0) is 17.2. The maximum Gasteiger partial charge on any atom is 0.198 e. The molecule has 2 aromatic rings. The minimum absolute atomic E-state index is 0.621. The van der Waals surface area contributed by atoms with E-state index in [1.807, 2.05) is 65.7 Å². The van der Waals surface area contributed by atoms with E-state index in [0.717, 1.165) is 23.0 Å². The van der Waals surface area contributed by atoms with Gasteiger partial charge in [0.1, 0.15) is 5.84 Å². The number of aryl methyl sites for hydroxylation is 2. The fraction of sp³-hybridized carbons (Fsp3) is 0.0952. The first kappa shape index (κ1) is 15.3. The van der Waals surface area contributed by atoms with Crippen LogP contribution in [0.25, 0.3) is 0 Å². The van der Waals surface area contributed by atoms with Crippen LogP contribution < -0.4 is 0 Å². The maximum absolute atomic E-state index is 4.79. The van der Waals surface area contributed by atoms with Crippen LogP contribution in [0.15, 0.2) is 87.9 Å². The fourth-order valence-electron chi connectivity index (χ4n) is 2.63. The van der Waals surface area contributed by atoms with E-state index in [1.54, 1.807) is 0 Å². The molecule has 4 heteroatoms. The Morgan fingerprint density at radius 1 is 0.760 bits per heavy atom. The topological polar surface area (TPSA) is 40.3 Å². The molecule has 0 saturated heterocycles. The summed E-state index contributed by atoms with van der Waals surface area (Å²) in [5, 5.41) is 0. The molecule has 0 spiro atoms. The van der Waals surface area contributed by atoms with Gasteiger partial charge in [-0.3, -0.25) is 4.90 Å². The smallest absolute Gasteiger partial charge is 0.198 e. The van der Waals surface area contributed by atoms with Crippen LogP contribution >= 0.6 is 0 Å². The molecule has 0 atom stereocenters. The molecule has 0 unspecified atom stereocenters. The third-order valence-corrected chi connectivity index (χ3v) is 4.02. The highest BCUT2D eigenvalue weighted by Gasteiger charge is 2.27. The van der Waals surface area contributed by atoms with E-state index < -0.39 is 0 Å². The molecule has 0 amide bonds. The molecule has 0 N–H and O–H groups in total. The normalized spacial score (nSPS) is 18.8. The Kier molecular flexibility index (Phi) is 3.86.